The Morgan fingerprint density at radius 1 is 1.18 bits per heavy atom. The van der Waals surface area contributed by atoms with Crippen LogP contribution < -0.4 is 15.7 Å². The molecule has 0 aliphatic heterocycles. The van der Waals surface area contributed by atoms with E-state index < -0.39 is 23.3 Å². The third-order valence-corrected chi connectivity index (χ3v) is 4.57. The van der Waals surface area contributed by atoms with Crippen LogP contribution in [-0.2, 0) is 11.0 Å². The summed E-state index contributed by atoms with van der Waals surface area (Å²) in [6.45, 7) is -0.364. The number of hydrogen-bond acceptors (Lipinski definition) is 5. The molecule has 0 saturated carbocycles. The molecule has 146 valence electrons. The Bertz CT molecular complexity index is 1080. The lowest BCUT2D eigenvalue weighted by Gasteiger charge is -2.12. The molecule has 0 atom stereocenters. The highest BCUT2D eigenvalue weighted by Gasteiger charge is 2.33. The van der Waals surface area contributed by atoms with Crippen molar-refractivity contribution in [3.63, 3.8) is 0 Å². The Balaban J connectivity index is 1.76. The highest BCUT2D eigenvalue weighted by atomic mass is 32.2. The van der Waals surface area contributed by atoms with E-state index in [1.807, 2.05) is 18.4 Å². The summed E-state index contributed by atoms with van der Waals surface area (Å²) in [4.78, 5) is 24.4. The van der Waals surface area contributed by atoms with E-state index in [1.54, 1.807) is 12.1 Å². The van der Waals surface area contributed by atoms with E-state index in [1.165, 1.54) is 17.8 Å². The number of thioether (sulfide) groups is 1. The van der Waals surface area contributed by atoms with E-state index in [9.17, 15) is 22.8 Å². The van der Waals surface area contributed by atoms with Crippen molar-refractivity contribution in [2.45, 2.75) is 11.1 Å². The molecule has 0 unspecified atom stereocenters. The number of carbonyl (C=O) groups excluding carboxylic acids is 1. The van der Waals surface area contributed by atoms with Crippen molar-refractivity contribution < 1.29 is 27.1 Å². The van der Waals surface area contributed by atoms with Crippen molar-refractivity contribution in [1.29, 1.82) is 0 Å². The molecule has 1 N–H and O–H groups in total. The van der Waals surface area contributed by atoms with E-state index in [0.717, 1.165) is 17.0 Å². The van der Waals surface area contributed by atoms with Crippen LogP contribution in [0.3, 0.4) is 0 Å². The second kappa shape index (κ2) is 7.97. The number of hydrogen-bond donors (Lipinski definition) is 1. The average Bonchev–Trinajstić information content (AvgIpc) is 2.65. The third kappa shape index (κ3) is 4.48. The van der Waals surface area contributed by atoms with Crippen LogP contribution in [0, 0.1) is 0 Å². The molecular weight excluding hydrogens is 395 g/mol. The molecule has 1 heterocycles. The van der Waals surface area contributed by atoms with Crippen molar-refractivity contribution in [2.75, 3.05) is 18.2 Å². The minimum atomic E-state index is -4.69. The lowest BCUT2D eigenvalue weighted by Crippen LogP contribution is -2.20. The van der Waals surface area contributed by atoms with Crippen molar-refractivity contribution in [3.05, 3.63) is 64.5 Å². The first kappa shape index (κ1) is 19.8. The smallest absolute Gasteiger partial charge is 0.417 e. The highest BCUT2D eigenvalue weighted by Crippen LogP contribution is 2.34. The van der Waals surface area contributed by atoms with Gasteiger partial charge >= 0.3 is 11.8 Å². The van der Waals surface area contributed by atoms with Gasteiger partial charge in [0.25, 0.3) is 5.91 Å². The number of amides is 1. The summed E-state index contributed by atoms with van der Waals surface area (Å²) in [5.74, 6) is -0.338. The highest BCUT2D eigenvalue weighted by molar-refractivity contribution is 7.98. The summed E-state index contributed by atoms with van der Waals surface area (Å²) in [6, 6.07) is 11.2. The predicted octanol–water partition coefficient (Wildman–Crippen LogP) is 4.55. The topological polar surface area (TPSA) is 68.5 Å². The number of para-hydroxylation sites is 1. The molecule has 0 aliphatic carbocycles. The minimum absolute atomic E-state index is 0.100. The summed E-state index contributed by atoms with van der Waals surface area (Å²) in [6.07, 6.45) is -2.82. The standard InChI is InChI=1S/C19H14F3NO4S/c1-28-16-5-3-2-4-14(16)23-17(24)10-26-11-6-7-12-13(19(20,21)22)9-18(25)27-15(12)8-11/h2-9H,10H2,1H3,(H,23,24). The molecule has 0 fully saturated rings. The molecule has 0 aliphatic rings. The average molecular weight is 409 g/mol. The van der Waals surface area contributed by atoms with Crippen LogP contribution >= 0.6 is 11.8 Å². The number of anilines is 1. The second-order valence-corrected chi connectivity index (χ2v) is 6.52. The Kier molecular flexibility index (Phi) is 5.64. The van der Waals surface area contributed by atoms with Gasteiger partial charge < -0.3 is 14.5 Å². The number of benzene rings is 2. The van der Waals surface area contributed by atoms with Crippen molar-refractivity contribution in [3.8, 4) is 5.75 Å². The molecule has 28 heavy (non-hydrogen) atoms. The van der Waals surface area contributed by atoms with E-state index in [-0.39, 0.29) is 23.3 Å². The normalized spacial score (nSPS) is 11.4. The van der Waals surface area contributed by atoms with Crippen molar-refractivity contribution >= 4 is 34.3 Å². The van der Waals surface area contributed by atoms with Gasteiger partial charge in [0, 0.05) is 22.4 Å². The predicted molar refractivity (Wildman–Crippen MR) is 99.8 cm³/mol. The van der Waals surface area contributed by atoms with Crippen LogP contribution in [0.4, 0.5) is 18.9 Å². The largest absolute Gasteiger partial charge is 0.484 e. The van der Waals surface area contributed by atoms with Gasteiger partial charge in [0.15, 0.2) is 6.61 Å². The fourth-order valence-corrected chi connectivity index (χ4v) is 3.10. The summed E-state index contributed by atoms with van der Waals surface area (Å²) in [7, 11) is 0. The molecule has 0 bridgehead atoms. The van der Waals surface area contributed by atoms with Gasteiger partial charge in [0.1, 0.15) is 11.3 Å². The zero-order valence-corrected chi connectivity index (χ0v) is 15.3. The zero-order chi connectivity index (χ0) is 20.3. The number of rotatable bonds is 5. The number of alkyl halides is 3. The maximum atomic E-state index is 13.1. The first-order valence-electron chi connectivity index (χ1n) is 7.98. The molecule has 5 nitrogen and oxygen atoms in total. The van der Waals surface area contributed by atoms with E-state index >= 15 is 0 Å². The monoisotopic (exact) mass is 409 g/mol. The molecule has 3 rings (SSSR count). The van der Waals surface area contributed by atoms with Gasteiger partial charge in [-0.3, -0.25) is 4.79 Å². The lowest BCUT2D eigenvalue weighted by atomic mass is 10.1. The van der Waals surface area contributed by atoms with Crippen LogP contribution in [0.2, 0.25) is 0 Å². The van der Waals surface area contributed by atoms with Gasteiger partial charge in [-0.15, -0.1) is 11.8 Å². The Morgan fingerprint density at radius 3 is 2.64 bits per heavy atom. The number of carbonyl (C=O) groups is 1. The first-order valence-corrected chi connectivity index (χ1v) is 9.21. The van der Waals surface area contributed by atoms with E-state index in [2.05, 4.69) is 5.32 Å². The number of halogens is 3. The maximum absolute atomic E-state index is 13.1. The number of ether oxygens (including phenoxy) is 1. The van der Waals surface area contributed by atoms with Gasteiger partial charge in [-0.2, -0.15) is 13.2 Å². The van der Waals surface area contributed by atoms with Gasteiger partial charge in [-0.05, 0) is 30.5 Å². The fraction of sp³-hybridized carbons (Fsp3) is 0.158. The van der Waals surface area contributed by atoms with Crippen LogP contribution in [0.25, 0.3) is 11.0 Å². The molecular formula is C19H14F3NO4S. The lowest BCUT2D eigenvalue weighted by molar-refractivity contribution is -0.136. The zero-order valence-electron chi connectivity index (χ0n) is 14.5. The van der Waals surface area contributed by atoms with E-state index in [4.69, 9.17) is 9.15 Å². The van der Waals surface area contributed by atoms with Gasteiger partial charge in [0.05, 0.1) is 11.3 Å². The molecule has 3 aromatic rings. The summed E-state index contributed by atoms with van der Waals surface area (Å²) < 4.78 is 49.3. The second-order valence-electron chi connectivity index (χ2n) is 5.67. The SMILES string of the molecule is CSc1ccccc1NC(=O)COc1ccc2c(C(F)(F)F)cc(=O)oc2c1. The van der Waals surface area contributed by atoms with Gasteiger partial charge in [-0.25, -0.2) is 4.79 Å². The molecule has 0 spiro atoms. The van der Waals surface area contributed by atoms with E-state index in [0.29, 0.717) is 11.8 Å². The number of nitrogens with one attached hydrogen (secondary N) is 1. The van der Waals surface area contributed by atoms with Gasteiger partial charge in [-0.1, -0.05) is 12.1 Å². The Hall–Kier alpha value is -2.94. The summed E-state index contributed by atoms with van der Waals surface area (Å²) >= 11 is 1.47. The first-order chi connectivity index (χ1) is 13.3. The molecule has 1 amide bonds. The molecule has 0 radical (unpaired) electrons. The summed E-state index contributed by atoms with van der Waals surface area (Å²) in [5, 5.41) is 2.43. The van der Waals surface area contributed by atoms with Crippen molar-refractivity contribution in [1.82, 2.24) is 0 Å². The molecule has 1 aromatic heterocycles. The quantitative estimate of drug-likeness (QED) is 0.495. The Morgan fingerprint density at radius 2 is 1.93 bits per heavy atom. The maximum Gasteiger partial charge on any atom is 0.417 e. The number of fused-ring (bicyclic) bond motifs is 1. The van der Waals surface area contributed by atoms with Crippen LogP contribution in [-0.4, -0.2) is 18.8 Å². The third-order valence-electron chi connectivity index (χ3n) is 3.77. The molecule has 0 saturated heterocycles. The molecule has 2 aromatic carbocycles. The van der Waals surface area contributed by atoms with Crippen LogP contribution in [0.15, 0.2) is 62.6 Å². The van der Waals surface area contributed by atoms with Crippen LogP contribution in [0.1, 0.15) is 5.56 Å². The van der Waals surface area contributed by atoms with Crippen LogP contribution in [0.5, 0.6) is 5.75 Å². The fourth-order valence-electron chi connectivity index (χ4n) is 2.55. The summed E-state index contributed by atoms with van der Waals surface area (Å²) in [5.41, 5.74) is -1.85. The Labute approximate surface area is 161 Å². The minimum Gasteiger partial charge on any atom is -0.484 e. The van der Waals surface area contributed by atoms with Gasteiger partial charge in [0.2, 0.25) is 0 Å². The molecule has 9 heteroatoms. The van der Waals surface area contributed by atoms with Crippen molar-refractivity contribution in [2.24, 2.45) is 0 Å².